The average Bonchev–Trinajstić information content (AvgIpc) is 3.47. The van der Waals surface area contributed by atoms with Gasteiger partial charge in [-0.05, 0) is 83.0 Å². The number of fused-ring (bicyclic) bond motifs is 2. The fourth-order valence-electron chi connectivity index (χ4n) is 5.54. The van der Waals surface area contributed by atoms with E-state index in [0.717, 1.165) is 70.2 Å². The van der Waals surface area contributed by atoms with Gasteiger partial charge in [0.2, 0.25) is 5.89 Å². The molecule has 9 heteroatoms. The number of hydrogen-bond donors (Lipinski definition) is 2. The largest absolute Gasteiger partial charge is 0.436 e. The van der Waals surface area contributed by atoms with Crippen molar-refractivity contribution in [3.63, 3.8) is 0 Å². The maximum Gasteiger partial charge on any atom is 0.227 e. The van der Waals surface area contributed by atoms with E-state index < -0.39 is 0 Å². The number of nitrogens with two attached hydrogens (primary N) is 1. The number of oxazole rings is 1. The van der Waals surface area contributed by atoms with Crippen LogP contribution in [0.3, 0.4) is 0 Å². The van der Waals surface area contributed by atoms with Crippen molar-refractivity contribution < 1.29 is 4.42 Å². The van der Waals surface area contributed by atoms with Gasteiger partial charge in [0, 0.05) is 17.2 Å². The van der Waals surface area contributed by atoms with E-state index in [1.54, 1.807) is 0 Å². The molecule has 1 saturated carbocycles. The lowest BCUT2D eigenvalue weighted by Crippen LogP contribution is -2.33. The minimum atomic E-state index is 0. The van der Waals surface area contributed by atoms with Gasteiger partial charge in [-0.25, -0.2) is 19.6 Å². The Morgan fingerprint density at radius 3 is 2.38 bits per heavy atom. The predicted molar refractivity (Wildman–Crippen MR) is 148 cm³/mol. The van der Waals surface area contributed by atoms with Crippen molar-refractivity contribution in [1.82, 2.24) is 35.8 Å². The summed E-state index contributed by atoms with van der Waals surface area (Å²) < 4.78 is 8.19. The molecule has 1 aliphatic carbocycles. The van der Waals surface area contributed by atoms with E-state index >= 15 is 0 Å². The number of aromatic nitrogens is 5. The average molecular weight is 499 g/mol. The fraction of sp³-hybridized carbons (Fsp3) is 0.357. The molecule has 0 atom stereocenters. The Hall–Kier alpha value is -3.82. The first-order chi connectivity index (χ1) is 17.4. The van der Waals surface area contributed by atoms with E-state index in [1.165, 1.54) is 11.9 Å². The van der Waals surface area contributed by atoms with E-state index in [0.29, 0.717) is 23.8 Å². The second kappa shape index (κ2) is 9.57. The second-order valence-electron chi connectivity index (χ2n) is 10.2. The lowest BCUT2D eigenvalue weighted by Gasteiger charge is -2.32. The highest BCUT2D eigenvalue weighted by atomic mass is 16.3. The van der Waals surface area contributed by atoms with Crippen molar-refractivity contribution in [1.29, 1.82) is 0 Å². The molecule has 192 valence electrons. The highest BCUT2D eigenvalue weighted by Crippen LogP contribution is 2.37. The number of rotatable bonds is 4. The van der Waals surface area contributed by atoms with Gasteiger partial charge < -0.3 is 21.2 Å². The number of benzene rings is 2. The van der Waals surface area contributed by atoms with Crippen LogP contribution in [0.25, 0.3) is 44.8 Å². The van der Waals surface area contributed by atoms with Crippen molar-refractivity contribution in [2.45, 2.75) is 51.6 Å². The van der Waals surface area contributed by atoms with Crippen LogP contribution < -0.4 is 11.9 Å². The van der Waals surface area contributed by atoms with Gasteiger partial charge in [-0.2, -0.15) is 5.10 Å². The van der Waals surface area contributed by atoms with Gasteiger partial charge in [-0.1, -0.05) is 18.2 Å². The van der Waals surface area contributed by atoms with Crippen molar-refractivity contribution in [2.75, 3.05) is 19.8 Å². The zero-order valence-corrected chi connectivity index (χ0v) is 21.9. The van der Waals surface area contributed by atoms with Crippen LogP contribution in [0.2, 0.25) is 0 Å². The van der Waals surface area contributed by atoms with E-state index in [2.05, 4.69) is 52.7 Å². The fourth-order valence-corrected chi connectivity index (χ4v) is 5.54. The molecule has 1 aliphatic rings. The van der Waals surface area contributed by atoms with Gasteiger partial charge in [0.25, 0.3) is 0 Å². The molecule has 37 heavy (non-hydrogen) atoms. The highest BCUT2D eigenvalue weighted by Gasteiger charge is 2.27. The number of nitrogens with zero attached hydrogens (tertiary/aromatic N) is 6. The Balaban J connectivity index is 0.00000280. The van der Waals surface area contributed by atoms with Crippen LogP contribution in [-0.2, 0) is 0 Å². The molecule has 2 aromatic carbocycles. The summed E-state index contributed by atoms with van der Waals surface area (Å²) in [6.07, 6.45) is 5.96. The van der Waals surface area contributed by atoms with E-state index in [1.807, 2.05) is 31.2 Å². The monoisotopic (exact) mass is 498 g/mol. The standard InChI is InChI=1S/C28H31N7O.H3N/c1-16-13-17(2)25-22(14-16)32-28(36-25)19-7-5-18(6-8-19)24-23-26(29)30-15-31-27(23)35(33-24)21-11-9-20(10-12-21)34(3)4;/h5-8,13-15,20-21H,9-12H2,1-4H3,(H2,29,30,31);1H3. The molecular formula is C28H34N8O. The molecule has 6 rings (SSSR count). The van der Waals surface area contributed by atoms with Crippen molar-refractivity contribution >= 4 is 28.0 Å². The molecule has 0 saturated heterocycles. The van der Waals surface area contributed by atoms with E-state index in [9.17, 15) is 0 Å². The molecule has 5 aromatic rings. The van der Waals surface area contributed by atoms with Gasteiger partial charge in [0.05, 0.1) is 11.4 Å². The van der Waals surface area contributed by atoms with Crippen LogP contribution in [-0.4, -0.2) is 49.8 Å². The van der Waals surface area contributed by atoms with E-state index in [4.69, 9.17) is 20.2 Å². The summed E-state index contributed by atoms with van der Waals surface area (Å²) in [6.45, 7) is 4.12. The first kappa shape index (κ1) is 24.9. The van der Waals surface area contributed by atoms with Crippen LogP contribution in [0.5, 0.6) is 0 Å². The third-order valence-electron chi connectivity index (χ3n) is 7.49. The van der Waals surface area contributed by atoms with Gasteiger partial charge in [-0.15, -0.1) is 0 Å². The number of nitrogen functional groups attached to an aromatic ring is 1. The molecule has 0 aliphatic heterocycles. The van der Waals surface area contributed by atoms with Gasteiger partial charge in [-0.3, -0.25) is 0 Å². The Bertz CT molecular complexity index is 1560. The molecule has 0 bridgehead atoms. The topological polar surface area (TPSA) is 134 Å². The lowest BCUT2D eigenvalue weighted by atomic mass is 9.90. The summed E-state index contributed by atoms with van der Waals surface area (Å²) in [7, 11) is 4.32. The van der Waals surface area contributed by atoms with E-state index in [-0.39, 0.29) is 6.15 Å². The molecule has 0 radical (unpaired) electrons. The van der Waals surface area contributed by atoms with Crippen LogP contribution >= 0.6 is 0 Å². The minimum Gasteiger partial charge on any atom is -0.436 e. The molecule has 1 fully saturated rings. The summed E-state index contributed by atoms with van der Waals surface area (Å²) in [5, 5.41) is 5.87. The van der Waals surface area contributed by atoms with Gasteiger partial charge >= 0.3 is 0 Å². The molecule has 9 nitrogen and oxygen atoms in total. The predicted octanol–water partition coefficient (Wildman–Crippen LogP) is 5.71. The number of hydrogen-bond acceptors (Lipinski definition) is 8. The smallest absolute Gasteiger partial charge is 0.227 e. The van der Waals surface area contributed by atoms with Crippen molar-refractivity contribution in [2.24, 2.45) is 0 Å². The summed E-state index contributed by atoms with van der Waals surface area (Å²) in [4.78, 5) is 15.9. The van der Waals surface area contributed by atoms with Crippen LogP contribution in [0.4, 0.5) is 5.82 Å². The van der Waals surface area contributed by atoms with Crippen LogP contribution in [0, 0.1) is 13.8 Å². The zero-order valence-electron chi connectivity index (χ0n) is 21.9. The Morgan fingerprint density at radius 2 is 1.68 bits per heavy atom. The summed E-state index contributed by atoms with van der Waals surface area (Å²) in [6, 6.07) is 13.2. The molecule has 3 aromatic heterocycles. The molecule has 3 heterocycles. The normalized spacial score (nSPS) is 18.0. The van der Waals surface area contributed by atoms with Crippen molar-refractivity contribution in [3.8, 4) is 22.7 Å². The number of aryl methyl sites for hydroxylation is 2. The Morgan fingerprint density at radius 1 is 0.973 bits per heavy atom. The Labute approximate surface area is 216 Å². The molecular weight excluding hydrogens is 464 g/mol. The SMILES string of the molecule is Cc1cc(C)c2oc(-c3ccc(-c4nn(C5CCC(N(C)C)CC5)c5ncnc(N)c45)cc3)nc2c1.N. The molecule has 0 spiro atoms. The van der Waals surface area contributed by atoms with Gasteiger partial charge in [0.15, 0.2) is 11.2 Å². The molecule has 0 amide bonds. The van der Waals surface area contributed by atoms with Crippen molar-refractivity contribution in [3.05, 3.63) is 53.9 Å². The lowest BCUT2D eigenvalue weighted by molar-refractivity contribution is 0.191. The summed E-state index contributed by atoms with van der Waals surface area (Å²) >= 11 is 0. The third kappa shape index (κ3) is 4.34. The van der Waals surface area contributed by atoms with Crippen LogP contribution in [0.15, 0.2) is 47.1 Å². The highest BCUT2D eigenvalue weighted by molar-refractivity contribution is 5.98. The Kier molecular flexibility index (Phi) is 6.43. The summed E-state index contributed by atoms with van der Waals surface area (Å²) in [5.41, 5.74) is 13.8. The quantitative estimate of drug-likeness (QED) is 0.322. The third-order valence-corrected chi connectivity index (χ3v) is 7.49. The molecule has 0 unspecified atom stereocenters. The number of anilines is 1. The second-order valence-corrected chi connectivity index (χ2v) is 10.2. The maximum absolute atomic E-state index is 6.35. The zero-order chi connectivity index (χ0) is 25.0. The van der Waals surface area contributed by atoms with Crippen LogP contribution in [0.1, 0.15) is 42.9 Å². The maximum atomic E-state index is 6.35. The minimum absolute atomic E-state index is 0. The first-order valence-corrected chi connectivity index (χ1v) is 12.5. The summed E-state index contributed by atoms with van der Waals surface area (Å²) in [5.74, 6) is 1.07. The molecule has 5 N–H and O–H groups in total. The van der Waals surface area contributed by atoms with Gasteiger partial charge in [0.1, 0.15) is 23.4 Å². The first-order valence-electron chi connectivity index (χ1n) is 12.5.